The minimum absolute atomic E-state index is 0. The zero-order valence-electron chi connectivity index (χ0n) is 18.1. The van der Waals surface area contributed by atoms with Crippen molar-refractivity contribution in [1.29, 1.82) is 0 Å². The van der Waals surface area contributed by atoms with Crippen LogP contribution in [0, 0.1) is 13.8 Å². The minimum Gasteiger partial charge on any atom is -0.353 e. The quantitative estimate of drug-likeness (QED) is 0.337. The lowest BCUT2D eigenvalue weighted by atomic mass is 10.1. The number of aromatic nitrogens is 1. The first kappa shape index (κ1) is 25.5. The van der Waals surface area contributed by atoms with E-state index in [4.69, 9.17) is 0 Å². The number of benzene rings is 1. The Morgan fingerprint density at radius 1 is 1.24 bits per heavy atom. The molecule has 2 aromatic rings. The molecule has 162 valence electrons. The van der Waals surface area contributed by atoms with Crippen molar-refractivity contribution in [2.75, 3.05) is 19.8 Å². The second kappa shape index (κ2) is 11.0. The van der Waals surface area contributed by atoms with E-state index < -0.39 is 9.84 Å². The average molecular weight is 532 g/mol. The average Bonchev–Trinajstić information content (AvgIpc) is 3.05. The van der Waals surface area contributed by atoms with Crippen molar-refractivity contribution in [3.63, 3.8) is 0 Å². The molecular formula is C21H33IN4O2S. The van der Waals surface area contributed by atoms with Crippen molar-refractivity contribution in [2.45, 2.75) is 44.7 Å². The van der Waals surface area contributed by atoms with Crippen molar-refractivity contribution in [1.82, 2.24) is 14.8 Å². The fourth-order valence-corrected chi connectivity index (χ4v) is 4.71. The number of nitrogens with one attached hydrogen (secondary N) is 1. The number of hydrogen-bond acceptors (Lipinski definition) is 3. The molecule has 1 aromatic heterocycles. The topological polar surface area (TPSA) is 66.7 Å². The molecule has 8 heteroatoms. The summed E-state index contributed by atoms with van der Waals surface area (Å²) in [5, 5.41) is 3.32. The van der Waals surface area contributed by atoms with Gasteiger partial charge < -0.3 is 14.8 Å². The molecule has 2 rings (SSSR count). The Balaban J connectivity index is 0.00000420. The van der Waals surface area contributed by atoms with Crippen LogP contribution >= 0.6 is 24.0 Å². The van der Waals surface area contributed by atoms with Crippen molar-refractivity contribution in [3.8, 4) is 0 Å². The van der Waals surface area contributed by atoms with E-state index in [1.54, 1.807) is 19.2 Å². The monoisotopic (exact) mass is 532 g/mol. The number of aryl methyl sites for hydroxylation is 3. The Labute approximate surface area is 192 Å². The van der Waals surface area contributed by atoms with Gasteiger partial charge in [-0.05, 0) is 55.7 Å². The van der Waals surface area contributed by atoms with E-state index in [2.05, 4.69) is 20.9 Å². The Kier molecular flexibility index (Phi) is 9.67. The fraction of sp³-hybridized carbons (Fsp3) is 0.476. The molecule has 0 bridgehead atoms. The van der Waals surface area contributed by atoms with Crippen LogP contribution in [0.3, 0.4) is 0 Å². The van der Waals surface area contributed by atoms with Gasteiger partial charge in [-0.2, -0.15) is 0 Å². The minimum atomic E-state index is -3.39. The number of aliphatic imine (C=N–C) groups is 1. The van der Waals surface area contributed by atoms with E-state index in [1.807, 2.05) is 58.1 Å². The molecule has 0 fully saturated rings. The summed E-state index contributed by atoms with van der Waals surface area (Å²) in [5.41, 5.74) is 3.23. The maximum atomic E-state index is 12.9. The summed E-state index contributed by atoms with van der Waals surface area (Å²) < 4.78 is 27.9. The molecule has 0 saturated heterocycles. The molecule has 0 amide bonds. The number of guanidine groups is 1. The third kappa shape index (κ3) is 6.74. The molecular weight excluding hydrogens is 499 g/mol. The number of nitrogens with zero attached hydrogens (tertiary/aromatic N) is 3. The Morgan fingerprint density at radius 2 is 1.93 bits per heavy atom. The van der Waals surface area contributed by atoms with Crippen molar-refractivity contribution in [3.05, 3.63) is 53.3 Å². The van der Waals surface area contributed by atoms with Crippen LogP contribution < -0.4 is 5.32 Å². The highest BCUT2D eigenvalue weighted by molar-refractivity contribution is 14.0. The van der Waals surface area contributed by atoms with Gasteiger partial charge in [0.15, 0.2) is 15.8 Å². The lowest BCUT2D eigenvalue weighted by Gasteiger charge is -2.26. The van der Waals surface area contributed by atoms with Crippen LogP contribution in [-0.4, -0.2) is 49.7 Å². The first-order valence-corrected chi connectivity index (χ1v) is 11.2. The summed E-state index contributed by atoms with van der Waals surface area (Å²) in [6.45, 7) is 6.58. The number of rotatable bonds is 7. The zero-order chi connectivity index (χ0) is 20.9. The SMILES string of the molecule is CCC(CS(=O)(=O)c1ccc(C)c(C)c1)NC(=NC)N(C)Cc1cccn1C.I. The van der Waals surface area contributed by atoms with Gasteiger partial charge in [0.1, 0.15) is 0 Å². The second-order valence-electron chi connectivity index (χ2n) is 7.29. The Hall–Kier alpha value is -1.55. The van der Waals surface area contributed by atoms with E-state index in [1.165, 1.54) is 0 Å². The maximum absolute atomic E-state index is 12.9. The summed E-state index contributed by atoms with van der Waals surface area (Å²) in [5.74, 6) is 0.714. The summed E-state index contributed by atoms with van der Waals surface area (Å²) in [6, 6.07) is 9.16. The van der Waals surface area contributed by atoms with Gasteiger partial charge in [0.05, 0.1) is 17.2 Å². The van der Waals surface area contributed by atoms with E-state index in [0.717, 1.165) is 16.8 Å². The molecule has 0 aliphatic rings. The smallest absolute Gasteiger partial charge is 0.193 e. The van der Waals surface area contributed by atoms with Crippen LogP contribution in [0.1, 0.15) is 30.2 Å². The molecule has 1 unspecified atom stereocenters. The van der Waals surface area contributed by atoms with E-state index in [-0.39, 0.29) is 35.8 Å². The Morgan fingerprint density at radius 3 is 2.45 bits per heavy atom. The van der Waals surface area contributed by atoms with Crippen LogP contribution in [0.2, 0.25) is 0 Å². The van der Waals surface area contributed by atoms with Crippen molar-refractivity contribution < 1.29 is 8.42 Å². The molecule has 0 saturated carbocycles. The van der Waals surface area contributed by atoms with Crippen LogP contribution in [-0.2, 0) is 23.4 Å². The van der Waals surface area contributed by atoms with Gasteiger partial charge in [0.25, 0.3) is 0 Å². The number of hydrogen-bond donors (Lipinski definition) is 1. The molecule has 1 heterocycles. The standard InChI is InChI=1S/C21H32N4O2S.HI/c1-7-18(15-28(26,27)20-11-10-16(2)17(3)13-20)23-21(22-4)25(6)14-19-9-8-12-24(19)5;/h8-13,18H,7,14-15H2,1-6H3,(H,22,23);1H. The van der Waals surface area contributed by atoms with Gasteiger partial charge in [-0.25, -0.2) is 8.42 Å². The first-order chi connectivity index (χ1) is 13.2. The van der Waals surface area contributed by atoms with Crippen molar-refractivity contribution >= 4 is 39.8 Å². The van der Waals surface area contributed by atoms with Crippen LogP contribution in [0.5, 0.6) is 0 Å². The Bertz CT molecular complexity index is 938. The third-order valence-corrected chi connectivity index (χ3v) is 6.92. The molecule has 6 nitrogen and oxygen atoms in total. The summed E-state index contributed by atoms with van der Waals surface area (Å²) in [7, 11) is 2.29. The van der Waals surface area contributed by atoms with Gasteiger partial charge in [-0.3, -0.25) is 4.99 Å². The second-order valence-corrected chi connectivity index (χ2v) is 9.32. The molecule has 0 spiro atoms. The molecule has 0 aliphatic heterocycles. The van der Waals surface area contributed by atoms with E-state index >= 15 is 0 Å². The summed E-state index contributed by atoms with van der Waals surface area (Å²) >= 11 is 0. The van der Waals surface area contributed by atoms with Gasteiger partial charge >= 0.3 is 0 Å². The molecule has 1 atom stereocenters. The highest BCUT2D eigenvalue weighted by atomic mass is 127. The normalized spacial score (nSPS) is 13.0. The van der Waals surface area contributed by atoms with Crippen molar-refractivity contribution in [2.24, 2.45) is 12.0 Å². The van der Waals surface area contributed by atoms with E-state index in [9.17, 15) is 8.42 Å². The molecule has 1 N–H and O–H groups in total. The van der Waals surface area contributed by atoms with Gasteiger partial charge in [-0.1, -0.05) is 13.0 Å². The molecule has 0 aliphatic carbocycles. The van der Waals surface area contributed by atoms with E-state index in [0.29, 0.717) is 23.8 Å². The number of halogens is 1. The maximum Gasteiger partial charge on any atom is 0.193 e. The van der Waals surface area contributed by atoms with Crippen LogP contribution in [0.4, 0.5) is 0 Å². The lowest BCUT2D eigenvalue weighted by molar-refractivity contribution is 0.448. The molecule has 29 heavy (non-hydrogen) atoms. The number of sulfone groups is 1. The third-order valence-electron chi connectivity index (χ3n) is 5.11. The molecule has 0 radical (unpaired) electrons. The predicted molar refractivity (Wildman–Crippen MR) is 131 cm³/mol. The summed E-state index contributed by atoms with van der Waals surface area (Å²) in [6.07, 6.45) is 2.69. The van der Waals surface area contributed by atoms with Gasteiger partial charge in [0, 0.05) is 39.1 Å². The first-order valence-electron chi connectivity index (χ1n) is 9.52. The van der Waals surface area contributed by atoms with Crippen LogP contribution in [0.15, 0.2) is 46.4 Å². The fourth-order valence-electron chi connectivity index (χ4n) is 3.04. The predicted octanol–water partition coefficient (Wildman–Crippen LogP) is 3.52. The van der Waals surface area contributed by atoms with Gasteiger partial charge in [0.2, 0.25) is 0 Å². The summed E-state index contributed by atoms with van der Waals surface area (Å²) in [4.78, 5) is 6.72. The van der Waals surface area contributed by atoms with Crippen LogP contribution in [0.25, 0.3) is 0 Å². The largest absolute Gasteiger partial charge is 0.353 e. The zero-order valence-corrected chi connectivity index (χ0v) is 21.3. The van der Waals surface area contributed by atoms with Gasteiger partial charge in [-0.15, -0.1) is 24.0 Å². The highest BCUT2D eigenvalue weighted by Crippen LogP contribution is 2.17. The molecule has 1 aromatic carbocycles. The lowest BCUT2D eigenvalue weighted by Crippen LogP contribution is -2.46. The highest BCUT2D eigenvalue weighted by Gasteiger charge is 2.22.